The molecule has 1 aromatic carbocycles. The zero-order valence-corrected chi connectivity index (χ0v) is 14.9. The molecule has 0 radical (unpaired) electrons. The van der Waals surface area contributed by atoms with E-state index in [1.54, 1.807) is 10.9 Å². The lowest BCUT2D eigenvalue weighted by Gasteiger charge is -2.09. The third kappa shape index (κ3) is 2.25. The van der Waals surface area contributed by atoms with E-state index >= 15 is 0 Å². The fourth-order valence-corrected chi connectivity index (χ4v) is 3.44. The Morgan fingerprint density at radius 1 is 1.19 bits per heavy atom. The van der Waals surface area contributed by atoms with Gasteiger partial charge in [-0.05, 0) is 19.1 Å². The summed E-state index contributed by atoms with van der Waals surface area (Å²) in [7, 11) is 3.88. The predicted molar refractivity (Wildman–Crippen MR) is 102 cm³/mol. The standard InChI is InChI=1S/C20H18N6/c1-12-19(14-6-4-5-7-18(14)26(12)3)17-8-15(13-10-23-25(2)11-13)16(9-21)20(22)24-17/h4-8,10-11H,1-3H3,(H2,22,24). The number of rotatable bonds is 2. The third-order valence-electron chi connectivity index (χ3n) is 4.83. The van der Waals surface area contributed by atoms with Gasteiger partial charge in [0, 0.05) is 53.6 Å². The number of aromatic nitrogens is 4. The minimum atomic E-state index is 0.233. The summed E-state index contributed by atoms with van der Waals surface area (Å²) in [6, 6.07) is 12.3. The van der Waals surface area contributed by atoms with Crippen molar-refractivity contribution in [2.45, 2.75) is 6.92 Å². The average Bonchev–Trinajstić information content (AvgIpc) is 3.17. The Kier molecular flexibility index (Phi) is 3.51. The lowest BCUT2D eigenvalue weighted by atomic mass is 9.99. The predicted octanol–water partition coefficient (Wildman–Crippen LogP) is 3.40. The van der Waals surface area contributed by atoms with Crippen molar-refractivity contribution in [3.05, 3.63) is 54.0 Å². The number of hydrogen-bond donors (Lipinski definition) is 1. The first kappa shape index (κ1) is 15.9. The van der Waals surface area contributed by atoms with E-state index in [2.05, 4.69) is 39.8 Å². The van der Waals surface area contributed by atoms with Crippen molar-refractivity contribution < 1.29 is 0 Å². The average molecular weight is 342 g/mol. The molecule has 0 spiro atoms. The van der Waals surface area contributed by atoms with Crippen molar-refractivity contribution in [3.63, 3.8) is 0 Å². The normalized spacial score (nSPS) is 11.0. The van der Waals surface area contributed by atoms with E-state index in [0.29, 0.717) is 5.56 Å². The molecule has 6 nitrogen and oxygen atoms in total. The highest BCUT2D eigenvalue weighted by molar-refractivity contribution is 5.98. The molecular weight excluding hydrogens is 324 g/mol. The Labute approximate surface area is 151 Å². The molecule has 0 saturated carbocycles. The van der Waals surface area contributed by atoms with Crippen molar-refractivity contribution in [1.29, 1.82) is 5.26 Å². The molecule has 3 aromatic heterocycles. The first-order valence-electron chi connectivity index (χ1n) is 8.25. The molecule has 26 heavy (non-hydrogen) atoms. The van der Waals surface area contributed by atoms with Crippen LogP contribution in [0.15, 0.2) is 42.7 Å². The summed E-state index contributed by atoms with van der Waals surface area (Å²) in [6.07, 6.45) is 3.60. The molecule has 4 aromatic rings. The Balaban J connectivity index is 2.05. The van der Waals surface area contributed by atoms with Crippen LogP contribution in [0.4, 0.5) is 5.82 Å². The highest BCUT2D eigenvalue weighted by atomic mass is 15.2. The lowest BCUT2D eigenvalue weighted by molar-refractivity contribution is 0.768. The second kappa shape index (κ2) is 5.74. The number of nitrogen functional groups attached to an aromatic ring is 1. The van der Waals surface area contributed by atoms with Crippen LogP contribution in [0.25, 0.3) is 33.3 Å². The van der Waals surface area contributed by atoms with E-state index in [1.165, 1.54) is 0 Å². The van der Waals surface area contributed by atoms with Gasteiger partial charge in [0.05, 0.1) is 11.9 Å². The molecule has 2 N–H and O–H groups in total. The monoisotopic (exact) mass is 342 g/mol. The zero-order chi connectivity index (χ0) is 18.4. The van der Waals surface area contributed by atoms with Gasteiger partial charge < -0.3 is 10.3 Å². The van der Waals surface area contributed by atoms with E-state index in [4.69, 9.17) is 5.73 Å². The summed E-state index contributed by atoms with van der Waals surface area (Å²) in [5, 5.41) is 14.9. The van der Waals surface area contributed by atoms with Gasteiger partial charge >= 0.3 is 0 Å². The summed E-state index contributed by atoms with van der Waals surface area (Å²) < 4.78 is 3.85. The van der Waals surface area contributed by atoms with Crippen LogP contribution in [0.1, 0.15) is 11.3 Å². The first-order chi connectivity index (χ1) is 12.5. The number of fused-ring (bicyclic) bond motifs is 1. The maximum atomic E-state index is 9.56. The van der Waals surface area contributed by atoms with E-state index in [-0.39, 0.29) is 5.82 Å². The fraction of sp³-hybridized carbons (Fsp3) is 0.150. The van der Waals surface area contributed by atoms with Gasteiger partial charge in [-0.25, -0.2) is 4.98 Å². The van der Waals surface area contributed by atoms with Gasteiger partial charge in [-0.1, -0.05) is 18.2 Å². The van der Waals surface area contributed by atoms with Gasteiger partial charge in [-0.15, -0.1) is 0 Å². The molecule has 0 aliphatic heterocycles. The summed E-state index contributed by atoms with van der Waals surface area (Å²) in [6.45, 7) is 2.06. The lowest BCUT2D eigenvalue weighted by Crippen LogP contribution is -2.00. The molecule has 4 rings (SSSR count). The number of hydrogen-bond acceptors (Lipinski definition) is 4. The number of nitrogens with two attached hydrogens (primary N) is 1. The summed E-state index contributed by atoms with van der Waals surface area (Å²) in [4.78, 5) is 4.55. The highest BCUT2D eigenvalue weighted by Crippen LogP contribution is 2.37. The number of pyridine rings is 1. The number of nitriles is 1. The number of nitrogens with zero attached hydrogens (tertiary/aromatic N) is 5. The van der Waals surface area contributed by atoms with Crippen LogP contribution in [0, 0.1) is 18.3 Å². The number of benzene rings is 1. The smallest absolute Gasteiger partial charge is 0.142 e. The van der Waals surface area contributed by atoms with Crippen molar-refractivity contribution in [3.8, 4) is 28.5 Å². The SMILES string of the molecule is Cc1c(-c2cc(-c3cnn(C)c3)c(C#N)c(N)n2)c2ccccc2n1C. The number of aryl methyl sites for hydroxylation is 2. The largest absolute Gasteiger partial charge is 0.383 e. The van der Waals surface area contributed by atoms with Gasteiger partial charge in [-0.2, -0.15) is 10.4 Å². The molecule has 6 heteroatoms. The summed E-state index contributed by atoms with van der Waals surface area (Å²) in [5.74, 6) is 0.233. The molecule has 0 amide bonds. The zero-order valence-electron chi connectivity index (χ0n) is 14.9. The van der Waals surface area contributed by atoms with Crippen LogP contribution < -0.4 is 5.73 Å². The third-order valence-corrected chi connectivity index (χ3v) is 4.83. The van der Waals surface area contributed by atoms with Gasteiger partial charge in [0.2, 0.25) is 0 Å². The van der Waals surface area contributed by atoms with Crippen LogP contribution in [0.5, 0.6) is 0 Å². The molecule has 0 fully saturated rings. The van der Waals surface area contributed by atoms with Crippen LogP contribution in [0.2, 0.25) is 0 Å². The van der Waals surface area contributed by atoms with Gasteiger partial charge in [0.15, 0.2) is 0 Å². The molecule has 0 atom stereocenters. The second-order valence-electron chi connectivity index (χ2n) is 6.37. The fourth-order valence-electron chi connectivity index (χ4n) is 3.44. The molecule has 0 aliphatic carbocycles. The molecule has 0 unspecified atom stereocenters. The van der Waals surface area contributed by atoms with Crippen LogP contribution in [-0.4, -0.2) is 19.3 Å². The van der Waals surface area contributed by atoms with Crippen molar-refractivity contribution >= 4 is 16.7 Å². The van der Waals surface area contributed by atoms with Crippen LogP contribution >= 0.6 is 0 Å². The maximum Gasteiger partial charge on any atom is 0.142 e. The molecule has 3 heterocycles. The van der Waals surface area contributed by atoms with E-state index in [0.717, 1.165) is 39.0 Å². The Morgan fingerprint density at radius 3 is 2.65 bits per heavy atom. The maximum absolute atomic E-state index is 9.56. The van der Waals surface area contributed by atoms with E-state index < -0.39 is 0 Å². The quantitative estimate of drug-likeness (QED) is 0.605. The van der Waals surface area contributed by atoms with Crippen molar-refractivity contribution in [2.24, 2.45) is 14.1 Å². The molecule has 0 saturated heterocycles. The first-order valence-corrected chi connectivity index (χ1v) is 8.25. The van der Waals surface area contributed by atoms with Crippen LogP contribution in [-0.2, 0) is 14.1 Å². The molecular formula is C20H18N6. The number of para-hydroxylation sites is 1. The van der Waals surface area contributed by atoms with Gasteiger partial charge in [0.1, 0.15) is 17.5 Å². The van der Waals surface area contributed by atoms with Crippen molar-refractivity contribution in [2.75, 3.05) is 5.73 Å². The topological polar surface area (TPSA) is 85.4 Å². The minimum absolute atomic E-state index is 0.233. The summed E-state index contributed by atoms with van der Waals surface area (Å²) >= 11 is 0. The van der Waals surface area contributed by atoms with Gasteiger partial charge in [-0.3, -0.25) is 4.68 Å². The number of anilines is 1. The van der Waals surface area contributed by atoms with Crippen LogP contribution in [0.3, 0.4) is 0 Å². The van der Waals surface area contributed by atoms with Crippen molar-refractivity contribution in [1.82, 2.24) is 19.3 Å². The Hall–Kier alpha value is -3.59. The molecule has 128 valence electrons. The van der Waals surface area contributed by atoms with E-state index in [1.807, 2.05) is 38.5 Å². The minimum Gasteiger partial charge on any atom is -0.383 e. The van der Waals surface area contributed by atoms with Gasteiger partial charge in [0.25, 0.3) is 0 Å². The molecule has 0 bridgehead atoms. The Bertz CT molecular complexity index is 1190. The Morgan fingerprint density at radius 2 is 1.96 bits per heavy atom. The highest BCUT2D eigenvalue weighted by Gasteiger charge is 2.19. The molecule has 0 aliphatic rings. The second-order valence-corrected chi connectivity index (χ2v) is 6.37. The summed E-state index contributed by atoms with van der Waals surface area (Å²) in [5.41, 5.74) is 12.1. The van der Waals surface area contributed by atoms with E-state index in [9.17, 15) is 5.26 Å².